The van der Waals surface area contributed by atoms with Crippen molar-refractivity contribution in [3.63, 3.8) is 0 Å². The summed E-state index contributed by atoms with van der Waals surface area (Å²) in [5.74, 6) is 6.05. The van der Waals surface area contributed by atoms with E-state index in [9.17, 15) is 4.79 Å². The lowest BCUT2D eigenvalue weighted by Crippen LogP contribution is -2.33. The molecule has 3 heterocycles. The van der Waals surface area contributed by atoms with Crippen LogP contribution in [0.5, 0.6) is 5.75 Å². The smallest absolute Gasteiger partial charge is 0.273 e. The summed E-state index contributed by atoms with van der Waals surface area (Å²) in [6.45, 7) is 4.38. The van der Waals surface area contributed by atoms with E-state index in [4.69, 9.17) is 20.1 Å². The minimum absolute atomic E-state index is 0.0207. The fraction of sp³-hybridized carbons (Fsp3) is 0.292. The Kier molecular flexibility index (Phi) is 4.62. The van der Waals surface area contributed by atoms with Crippen LogP contribution < -0.4 is 15.6 Å². The zero-order valence-electron chi connectivity index (χ0n) is 17.8. The average molecular weight is 419 g/mol. The van der Waals surface area contributed by atoms with Crippen molar-refractivity contribution < 1.29 is 19.0 Å². The van der Waals surface area contributed by atoms with Gasteiger partial charge in [-0.05, 0) is 55.8 Å². The summed E-state index contributed by atoms with van der Waals surface area (Å²) in [6, 6.07) is 11.7. The molecule has 1 atom stereocenters. The van der Waals surface area contributed by atoms with Crippen LogP contribution in [0, 0.1) is 0 Å². The number of aromatic amines is 1. The second-order valence-corrected chi connectivity index (χ2v) is 8.40. The molecule has 2 aliphatic heterocycles. The van der Waals surface area contributed by atoms with Gasteiger partial charge in [-0.2, -0.15) is 0 Å². The van der Waals surface area contributed by atoms with Gasteiger partial charge in [0.2, 0.25) is 0 Å². The second-order valence-electron chi connectivity index (χ2n) is 8.40. The molecule has 0 radical (unpaired) electrons. The van der Waals surface area contributed by atoms with Crippen LogP contribution in [0.15, 0.2) is 42.6 Å². The molecule has 0 bridgehead atoms. The van der Waals surface area contributed by atoms with Gasteiger partial charge in [-0.3, -0.25) is 4.79 Å². The van der Waals surface area contributed by atoms with Gasteiger partial charge in [-0.25, -0.2) is 10.9 Å². The van der Waals surface area contributed by atoms with Crippen LogP contribution in [0.25, 0.3) is 22.6 Å². The van der Waals surface area contributed by atoms with Crippen LogP contribution in [0.4, 0.5) is 5.69 Å². The zero-order valence-corrected chi connectivity index (χ0v) is 17.8. The van der Waals surface area contributed by atoms with Crippen molar-refractivity contribution in [3.8, 4) is 5.75 Å². The predicted octanol–water partition coefficient (Wildman–Crippen LogP) is 3.63. The maximum atomic E-state index is 12.9. The molecule has 7 nitrogen and oxygen atoms in total. The number of amides is 1. The summed E-state index contributed by atoms with van der Waals surface area (Å²) in [4.78, 5) is 16.2. The predicted molar refractivity (Wildman–Crippen MR) is 119 cm³/mol. The Labute approximate surface area is 180 Å². The summed E-state index contributed by atoms with van der Waals surface area (Å²) in [7, 11) is 1.64. The van der Waals surface area contributed by atoms with Crippen molar-refractivity contribution in [1.29, 1.82) is 0 Å². The lowest BCUT2D eigenvalue weighted by atomic mass is 9.99. The molecule has 3 N–H and O–H groups in total. The minimum atomic E-state index is -0.563. The number of ether oxygens (including phenoxy) is 3. The Morgan fingerprint density at radius 3 is 2.87 bits per heavy atom. The third kappa shape index (κ3) is 3.50. The highest BCUT2D eigenvalue weighted by molar-refractivity contribution is 6.35. The van der Waals surface area contributed by atoms with Crippen LogP contribution in [-0.4, -0.2) is 36.5 Å². The SMILES string of the molecule is COc1ccc2[nH]cc(C=C3C(=O)N(N)c4ccc(CC5COC(C)(C)O5)cc43)c2c1. The van der Waals surface area contributed by atoms with Crippen molar-refractivity contribution in [1.82, 2.24) is 4.98 Å². The highest BCUT2D eigenvalue weighted by Gasteiger charge is 2.34. The minimum Gasteiger partial charge on any atom is -0.497 e. The Morgan fingerprint density at radius 1 is 1.29 bits per heavy atom. The summed E-state index contributed by atoms with van der Waals surface area (Å²) in [5, 5.41) is 2.19. The van der Waals surface area contributed by atoms with Crippen molar-refractivity contribution in [2.75, 3.05) is 18.7 Å². The zero-order chi connectivity index (χ0) is 21.8. The average Bonchev–Trinajstić information content (AvgIpc) is 3.38. The van der Waals surface area contributed by atoms with E-state index >= 15 is 0 Å². The Bertz CT molecular complexity index is 1210. The van der Waals surface area contributed by atoms with Crippen molar-refractivity contribution in [2.45, 2.75) is 32.2 Å². The number of anilines is 1. The molecule has 1 fully saturated rings. The molecule has 0 aliphatic carbocycles. The maximum absolute atomic E-state index is 12.9. The molecule has 1 unspecified atom stereocenters. The first-order valence-electron chi connectivity index (χ1n) is 10.3. The van der Waals surface area contributed by atoms with Crippen LogP contribution in [0.2, 0.25) is 0 Å². The first kappa shape index (κ1) is 19.8. The number of aromatic nitrogens is 1. The largest absolute Gasteiger partial charge is 0.497 e. The number of carbonyl (C=O) groups is 1. The van der Waals surface area contributed by atoms with Crippen molar-refractivity contribution in [3.05, 3.63) is 59.3 Å². The fourth-order valence-electron chi connectivity index (χ4n) is 4.28. The van der Waals surface area contributed by atoms with Gasteiger partial charge < -0.3 is 19.2 Å². The van der Waals surface area contributed by atoms with Gasteiger partial charge in [-0.1, -0.05) is 6.07 Å². The van der Waals surface area contributed by atoms with Gasteiger partial charge in [0.25, 0.3) is 5.91 Å². The third-order valence-electron chi connectivity index (χ3n) is 5.81. The Balaban J connectivity index is 1.52. The van der Waals surface area contributed by atoms with Gasteiger partial charge in [0.15, 0.2) is 5.79 Å². The first-order chi connectivity index (χ1) is 14.8. The number of nitrogens with one attached hydrogen (secondary N) is 1. The number of methoxy groups -OCH3 is 1. The van der Waals surface area contributed by atoms with Gasteiger partial charge >= 0.3 is 0 Å². The molecular formula is C24H25N3O4. The van der Waals surface area contributed by atoms with E-state index in [1.807, 2.05) is 62.5 Å². The monoisotopic (exact) mass is 419 g/mol. The summed E-state index contributed by atoms with van der Waals surface area (Å²) in [5.41, 5.74) is 5.02. The topological polar surface area (TPSA) is 89.8 Å². The maximum Gasteiger partial charge on any atom is 0.273 e. The second kappa shape index (κ2) is 7.23. The molecule has 0 saturated carbocycles. The number of carbonyl (C=O) groups excluding carboxylic acids is 1. The van der Waals surface area contributed by atoms with Gasteiger partial charge in [0.05, 0.1) is 31.1 Å². The van der Waals surface area contributed by atoms with Crippen LogP contribution in [0.1, 0.15) is 30.5 Å². The lowest BCUT2D eigenvalue weighted by Gasteiger charge is -2.17. The molecule has 1 saturated heterocycles. The molecule has 7 heteroatoms. The number of H-pyrrole nitrogens is 1. The molecular weight excluding hydrogens is 394 g/mol. The molecule has 3 aromatic rings. The molecule has 5 rings (SSSR count). The van der Waals surface area contributed by atoms with Crippen LogP contribution in [0.3, 0.4) is 0 Å². The van der Waals surface area contributed by atoms with E-state index in [1.54, 1.807) is 7.11 Å². The van der Waals surface area contributed by atoms with Gasteiger partial charge in [-0.15, -0.1) is 0 Å². The Morgan fingerprint density at radius 2 is 2.13 bits per heavy atom. The number of rotatable bonds is 4. The summed E-state index contributed by atoms with van der Waals surface area (Å²) in [6.07, 6.45) is 4.45. The number of hydrogen-bond donors (Lipinski definition) is 2. The fourth-order valence-corrected chi connectivity index (χ4v) is 4.28. The molecule has 1 aromatic heterocycles. The summed E-state index contributed by atoms with van der Waals surface area (Å²) >= 11 is 0. The van der Waals surface area contributed by atoms with Crippen molar-refractivity contribution in [2.24, 2.45) is 5.84 Å². The number of hydrogen-bond acceptors (Lipinski definition) is 5. The highest BCUT2D eigenvalue weighted by Crippen LogP contribution is 2.38. The molecule has 1 amide bonds. The van der Waals surface area contributed by atoms with E-state index in [0.717, 1.165) is 33.3 Å². The molecule has 2 aliphatic rings. The number of benzene rings is 2. The number of hydrazine groups is 1. The van der Waals surface area contributed by atoms with Crippen LogP contribution >= 0.6 is 0 Å². The van der Waals surface area contributed by atoms with Crippen LogP contribution in [-0.2, 0) is 20.7 Å². The number of fused-ring (bicyclic) bond motifs is 2. The van der Waals surface area contributed by atoms with E-state index in [1.165, 1.54) is 5.01 Å². The summed E-state index contributed by atoms with van der Waals surface area (Å²) < 4.78 is 17.0. The first-order valence-corrected chi connectivity index (χ1v) is 10.3. The van der Waals surface area contributed by atoms with E-state index in [2.05, 4.69) is 4.98 Å². The molecule has 0 spiro atoms. The molecule has 2 aromatic carbocycles. The normalized spacial score (nSPS) is 21.3. The third-order valence-corrected chi connectivity index (χ3v) is 5.81. The quantitative estimate of drug-likeness (QED) is 0.383. The van der Waals surface area contributed by atoms with E-state index in [0.29, 0.717) is 24.3 Å². The van der Waals surface area contributed by atoms with Gasteiger partial charge in [0, 0.05) is 34.6 Å². The molecule has 160 valence electrons. The number of nitrogens with two attached hydrogens (primary N) is 1. The Hall–Kier alpha value is -3.13. The van der Waals surface area contributed by atoms with E-state index < -0.39 is 5.79 Å². The number of nitrogens with zero attached hydrogens (tertiary/aromatic N) is 1. The van der Waals surface area contributed by atoms with Crippen molar-refractivity contribution >= 4 is 34.1 Å². The molecule has 31 heavy (non-hydrogen) atoms. The van der Waals surface area contributed by atoms with E-state index in [-0.39, 0.29) is 12.0 Å². The highest BCUT2D eigenvalue weighted by atomic mass is 16.7. The van der Waals surface area contributed by atoms with Gasteiger partial charge in [0.1, 0.15) is 5.75 Å². The lowest BCUT2D eigenvalue weighted by molar-refractivity contribution is -0.138. The standard InChI is InChI=1S/C24H25N3O4/c1-24(2)30-13-17(31-24)8-14-4-7-22-19(9-14)20(23(28)27(22)25)10-15-12-26-21-6-5-16(29-3)11-18(15)21/h4-7,9-12,17,26H,8,13,25H2,1-3H3.